The van der Waals surface area contributed by atoms with Crippen LogP contribution in [-0.2, 0) is 9.53 Å². The summed E-state index contributed by atoms with van der Waals surface area (Å²) < 4.78 is 7.00. The minimum atomic E-state index is -0.548. The molecule has 1 saturated carbocycles. The molecule has 1 amide bonds. The highest BCUT2D eigenvalue weighted by Crippen LogP contribution is 2.38. The van der Waals surface area contributed by atoms with Crippen molar-refractivity contribution in [2.75, 3.05) is 7.11 Å². The van der Waals surface area contributed by atoms with Crippen LogP contribution in [0.4, 0.5) is 0 Å². The van der Waals surface area contributed by atoms with E-state index in [9.17, 15) is 9.59 Å². The molecule has 1 aromatic carbocycles. The SMILES string of the molecule is COC(=O)C[C@H](NC(=O)c1cc(C)n(C2CC2)c1C)c1ccccc1Cl. The number of esters is 1. The Labute approximate surface area is 158 Å². The Bertz CT molecular complexity index is 840. The van der Waals surface area contributed by atoms with Crippen molar-refractivity contribution in [1.82, 2.24) is 9.88 Å². The van der Waals surface area contributed by atoms with Gasteiger partial charge in [0, 0.05) is 22.5 Å². The summed E-state index contributed by atoms with van der Waals surface area (Å²) in [5.41, 5.74) is 3.37. The number of carbonyl (C=O) groups excluding carboxylic acids is 2. The second-order valence-electron chi connectivity index (χ2n) is 6.71. The van der Waals surface area contributed by atoms with Crippen LogP contribution in [0.25, 0.3) is 0 Å². The normalized spacial score (nSPS) is 14.8. The molecule has 3 rings (SSSR count). The minimum Gasteiger partial charge on any atom is -0.469 e. The van der Waals surface area contributed by atoms with E-state index in [-0.39, 0.29) is 12.3 Å². The average molecular weight is 375 g/mol. The Kier molecular flexibility index (Phi) is 5.37. The largest absolute Gasteiger partial charge is 0.469 e. The number of aromatic nitrogens is 1. The van der Waals surface area contributed by atoms with Crippen LogP contribution < -0.4 is 5.32 Å². The topological polar surface area (TPSA) is 60.3 Å². The number of nitrogens with one attached hydrogen (secondary N) is 1. The first kappa shape index (κ1) is 18.5. The molecule has 5 nitrogen and oxygen atoms in total. The summed E-state index contributed by atoms with van der Waals surface area (Å²) in [5.74, 6) is -0.613. The van der Waals surface area contributed by atoms with E-state index in [4.69, 9.17) is 16.3 Å². The fraction of sp³-hybridized carbons (Fsp3) is 0.400. The molecule has 0 unspecified atom stereocenters. The number of methoxy groups -OCH3 is 1. The highest BCUT2D eigenvalue weighted by molar-refractivity contribution is 6.31. The van der Waals surface area contributed by atoms with E-state index in [2.05, 4.69) is 9.88 Å². The molecule has 1 fully saturated rings. The third-order valence-corrected chi connectivity index (χ3v) is 5.17. The first-order chi connectivity index (χ1) is 12.4. The summed E-state index contributed by atoms with van der Waals surface area (Å²) in [6, 6.07) is 9.06. The van der Waals surface area contributed by atoms with Crippen LogP contribution >= 0.6 is 11.6 Å². The molecule has 1 aliphatic carbocycles. The molecule has 1 aromatic heterocycles. The van der Waals surface area contributed by atoms with Crippen LogP contribution in [0.3, 0.4) is 0 Å². The molecule has 2 aromatic rings. The Morgan fingerprint density at radius 2 is 2.00 bits per heavy atom. The van der Waals surface area contributed by atoms with Crippen molar-refractivity contribution in [3.8, 4) is 0 Å². The average Bonchev–Trinajstić information content (AvgIpc) is 3.39. The van der Waals surface area contributed by atoms with Gasteiger partial charge < -0.3 is 14.6 Å². The lowest BCUT2D eigenvalue weighted by Crippen LogP contribution is -2.31. The van der Waals surface area contributed by atoms with Gasteiger partial charge in [-0.15, -0.1) is 0 Å². The number of aryl methyl sites for hydroxylation is 1. The lowest BCUT2D eigenvalue weighted by atomic mass is 10.0. The minimum absolute atomic E-state index is 0.0212. The maximum absolute atomic E-state index is 12.9. The van der Waals surface area contributed by atoms with Crippen molar-refractivity contribution in [1.29, 1.82) is 0 Å². The molecular weight excluding hydrogens is 352 g/mol. The summed E-state index contributed by atoms with van der Waals surface area (Å²) >= 11 is 6.28. The summed E-state index contributed by atoms with van der Waals surface area (Å²) in [6.07, 6.45) is 2.33. The predicted molar refractivity (Wildman–Crippen MR) is 100 cm³/mol. The predicted octanol–water partition coefficient (Wildman–Crippen LogP) is 4.13. The van der Waals surface area contributed by atoms with Crippen LogP contribution in [0.2, 0.25) is 5.02 Å². The molecule has 0 saturated heterocycles. The summed E-state index contributed by atoms with van der Waals surface area (Å²) in [7, 11) is 1.33. The smallest absolute Gasteiger partial charge is 0.307 e. The van der Waals surface area contributed by atoms with Gasteiger partial charge in [0.05, 0.1) is 25.1 Å². The second-order valence-corrected chi connectivity index (χ2v) is 7.12. The van der Waals surface area contributed by atoms with Crippen molar-refractivity contribution >= 4 is 23.5 Å². The number of ether oxygens (including phenoxy) is 1. The van der Waals surface area contributed by atoms with Crippen LogP contribution in [0.1, 0.15) is 58.7 Å². The lowest BCUT2D eigenvalue weighted by Gasteiger charge is -2.19. The summed E-state index contributed by atoms with van der Waals surface area (Å²) in [5, 5.41) is 3.46. The van der Waals surface area contributed by atoms with Crippen molar-refractivity contribution in [3.63, 3.8) is 0 Å². The Morgan fingerprint density at radius 3 is 2.62 bits per heavy atom. The Balaban J connectivity index is 1.87. The highest BCUT2D eigenvalue weighted by atomic mass is 35.5. The third-order valence-electron chi connectivity index (χ3n) is 4.83. The van der Waals surface area contributed by atoms with Crippen LogP contribution in [-0.4, -0.2) is 23.6 Å². The summed E-state index contributed by atoms with van der Waals surface area (Å²) in [6.45, 7) is 3.98. The zero-order valence-corrected chi connectivity index (χ0v) is 16.0. The van der Waals surface area contributed by atoms with Gasteiger partial charge in [-0.05, 0) is 44.4 Å². The monoisotopic (exact) mass is 374 g/mol. The molecule has 0 aliphatic heterocycles. The number of amides is 1. The van der Waals surface area contributed by atoms with E-state index < -0.39 is 12.0 Å². The zero-order chi connectivity index (χ0) is 18.8. The van der Waals surface area contributed by atoms with E-state index in [1.54, 1.807) is 6.07 Å². The lowest BCUT2D eigenvalue weighted by molar-refractivity contribution is -0.141. The molecule has 1 aliphatic rings. The first-order valence-electron chi connectivity index (χ1n) is 8.73. The number of rotatable bonds is 6. The van der Waals surface area contributed by atoms with Gasteiger partial charge in [0.15, 0.2) is 0 Å². The van der Waals surface area contributed by atoms with E-state index in [1.165, 1.54) is 7.11 Å². The van der Waals surface area contributed by atoms with Gasteiger partial charge in [-0.25, -0.2) is 0 Å². The third kappa shape index (κ3) is 3.78. The standard InChI is InChI=1S/C20H23ClN2O3/c1-12-10-16(13(2)23(12)14-8-9-14)20(25)22-18(11-19(24)26-3)15-6-4-5-7-17(15)21/h4-7,10,14,18H,8-9,11H2,1-3H3,(H,22,25)/t18-/m0/s1. The number of hydrogen-bond donors (Lipinski definition) is 1. The van der Waals surface area contributed by atoms with Crippen LogP contribution in [0.5, 0.6) is 0 Å². The molecule has 138 valence electrons. The number of halogens is 1. The molecule has 0 bridgehead atoms. The van der Waals surface area contributed by atoms with E-state index in [1.807, 2.05) is 38.1 Å². The van der Waals surface area contributed by atoms with Crippen molar-refractivity contribution in [2.24, 2.45) is 0 Å². The van der Waals surface area contributed by atoms with Gasteiger partial charge in [-0.2, -0.15) is 0 Å². The summed E-state index contributed by atoms with van der Waals surface area (Å²) in [4.78, 5) is 24.7. The molecule has 0 radical (unpaired) electrons. The number of nitrogens with zero attached hydrogens (tertiary/aromatic N) is 1. The number of hydrogen-bond acceptors (Lipinski definition) is 3. The van der Waals surface area contributed by atoms with Crippen molar-refractivity contribution in [2.45, 2.75) is 45.2 Å². The van der Waals surface area contributed by atoms with Crippen molar-refractivity contribution in [3.05, 3.63) is 57.9 Å². The highest BCUT2D eigenvalue weighted by Gasteiger charge is 2.29. The molecule has 1 atom stereocenters. The van der Waals surface area contributed by atoms with Crippen LogP contribution in [0, 0.1) is 13.8 Å². The number of carbonyl (C=O) groups is 2. The molecular formula is C20H23ClN2O3. The maximum Gasteiger partial charge on any atom is 0.307 e. The first-order valence-corrected chi connectivity index (χ1v) is 9.10. The zero-order valence-electron chi connectivity index (χ0n) is 15.2. The second kappa shape index (κ2) is 7.54. The van der Waals surface area contributed by atoms with Crippen molar-refractivity contribution < 1.29 is 14.3 Å². The van der Waals surface area contributed by atoms with E-state index in [0.29, 0.717) is 22.2 Å². The number of benzene rings is 1. The van der Waals surface area contributed by atoms with Gasteiger partial charge in [0.1, 0.15) is 0 Å². The molecule has 26 heavy (non-hydrogen) atoms. The fourth-order valence-corrected chi connectivity index (χ4v) is 3.65. The van der Waals surface area contributed by atoms with Gasteiger partial charge in [0.25, 0.3) is 5.91 Å². The molecule has 1 heterocycles. The molecule has 0 spiro atoms. The fourth-order valence-electron chi connectivity index (χ4n) is 3.38. The molecule has 1 N–H and O–H groups in total. The Hall–Kier alpha value is -2.27. The Morgan fingerprint density at radius 1 is 1.31 bits per heavy atom. The van der Waals surface area contributed by atoms with Crippen LogP contribution in [0.15, 0.2) is 30.3 Å². The van der Waals surface area contributed by atoms with Gasteiger partial charge in [-0.3, -0.25) is 9.59 Å². The quantitative estimate of drug-likeness (QED) is 0.773. The van der Waals surface area contributed by atoms with Gasteiger partial charge in [-0.1, -0.05) is 29.8 Å². The van der Waals surface area contributed by atoms with Gasteiger partial charge >= 0.3 is 5.97 Å². The van der Waals surface area contributed by atoms with E-state index in [0.717, 1.165) is 24.2 Å². The molecule has 6 heteroatoms. The van der Waals surface area contributed by atoms with Gasteiger partial charge in [0.2, 0.25) is 0 Å². The van der Waals surface area contributed by atoms with E-state index >= 15 is 0 Å². The maximum atomic E-state index is 12.9.